The maximum Gasteiger partial charge on any atom is 0.415 e. The summed E-state index contributed by atoms with van der Waals surface area (Å²) in [7, 11) is 1.25. The number of alkyl halides is 3. The quantitative estimate of drug-likeness (QED) is 0.868. The van der Waals surface area contributed by atoms with Gasteiger partial charge in [-0.15, -0.1) is 0 Å². The molecule has 0 aliphatic rings. The van der Waals surface area contributed by atoms with E-state index in [1.54, 1.807) is 24.3 Å². The fourth-order valence-electron chi connectivity index (χ4n) is 1.45. The molecule has 8 heteroatoms. The number of hydrogen-bond donors (Lipinski definition) is 1. The molecule has 1 atom stereocenters. The summed E-state index contributed by atoms with van der Waals surface area (Å²) in [5, 5.41) is 0. The number of carbonyl (C=O) groups excluding carboxylic acids is 1. The van der Waals surface area contributed by atoms with Crippen molar-refractivity contribution < 1.29 is 22.7 Å². The first kappa shape index (κ1) is 17.8. The number of amides is 1. The molecule has 2 N–H and O–H groups in total. The second-order valence-corrected chi connectivity index (χ2v) is 5.64. The molecule has 1 aromatic rings. The minimum atomic E-state index is -4.80. The van der Waals surface area contributed by atoms with Gasteiger partial charge in [-0.1, -0.05) is 15.9 Å². The number of likely N-dealkylation sites (N-methyl/N-ethyl adjacent to an activating group) is 1. The van der Waals surface area contributed by atoms with E-state index in [0.29, 0.717) is 12.7 Å². The van der Waals surface area contributed by atoms with Crippen molar-refractivity contribution in [3.8, 4) is 5.75 Å². The van der Waals surface area contributed by atoms with Gasteiger partial charge in [0.25, 0.3) is 5.91 Å². The van der Waals surface area contributed by atoms with E-state index in [-0.39, 0.29) is 13.2 Å². The molecule has 21 heavy (non-hydrogen) atoms. The van der Waals surface area contributed by atoms with E-state index >= 15 is 0 Å². The Balaban J connectivity index is 2.52. The summed E-state index contributed by atoms with van der Waals surface area (Å²) in [6, 6.07) is 6.94. The van der Waals surface area contributed by atoms with Crippen LogP contribution in [0.2, 0.25) is 0 Å². The second-order valence-electron chi connectivity index (χ2n) is 4.73. The van der Waals surface area contributed by atoms with Gasteiger partial charge in [0.2, 0.25) is 0 Å². The van der Waals surface area contributed by atoms with Gasteiger partial charge in [0.1, 0.15) is 12.4 Å². The van der Waals surface area contributed by atoms with E-state index in [1.165, 1.54) is 7.05 Å². The Labute approximate surface area is 129 Å². The maximum atomic E-state index is 12.7. The van der Waals surface area contributed by atoms with Crippen LogP contribution in [0.1, 0.15) is 6.92 Å². The molecule has 0 fully saturated rings. The van der Waals surface area contributed by atoms with Crippen molar-refractivity contribution in [3.05, 3.63) is 28.7 Å². The highest BCUT2D eigenvalue weighted by Gasteiger charge is 2.54. The Kier molecular flexibility index (Phi) is 5.63. The van der Waals surface area contributed by atoms with Gasteiger partial charge in [0, 0.05) is 11.5 Å². The molecule has 0 heterocycles. The van der Waals surface area contributed by atoms with Crippen LogP contribution in [-0.2, 0) is 4.79 Å². The van der Waals surface area contributed by atoms with Crippen LogP contribution in [0, 0.1) is 0 Å². The number of nitrogens with zero attached hydrogens (tertiary/aromatic N) is 1. The highest BCUT2D eigenvalue weighted by atomic mass is 79.9. The third-order valence-electron chi connectivity index (χ3n) is 2.89. The first-order valence-electron chi connectivity index (χ1n) is 6.05. The lowest BCUT2D eigenvalue weighted by Gasteiger charge is -2.30. The van der Waals surface area contributed by atoms with Crippen molar-refractivity contribution in [3.63, 3.8) is 0 Å². The van der Waals surface area contributed by atoms with Crippen molar-refractivity contribution in [2.45, 2.75) is 18.6 Å². The van der Waals surface area contributed by atoms with E-state index in [0.717, 1.165) is 9.37 Å². The predicted octanol–water partition coefficient (Wildman–Crippen LogP) is 2.57. The Morgan fingerprint density at radius 2 is 1.86 bits per heavy atom. The third kappa shape index (κ3) is 4.60. The summed E-state index contributed by atoms with van der Waals surface area (Å²) >= 11 is 3.27. The van der Waals surface area contributed by atoms with Gasteiger partial charge in [-0.2, -0.15) is 13.2 Å². The molecule has 0 radical (unpaired) electrons. The fraction of sp³-hybridized carbons (Fsp3) is 0.462. The number of carbonyl (C=O) groups is 1. The molecule has 0 saturated heterocycles. The Bertz CT molecular complexity index is 489. The van der Waals surface area contributed by atoms with Crippen molar-refractivity contribution in [1.82, 2.24) is 4.90 Å². The fourth-order valence-corrected chi connectivity index (χ4v) is 1.71. The molecule has 1 amide bonds. The smallest absolute Gasteiger partial charge is 0.415 e. The summed E-state index contributed by atoms with van der Waals surface area (Å²) in [6.45, 7) is 0.719. The van der Waals surface area contributed by atoms with E-state index in [4.69, 9.17) is 10.5 Å². The molecule has 1 unspecified atom stereocenters. The average molecular weight is 369 g/mol. The number of rotatable bonds is 5. The lowest BCUT2D eigenvalue weighted by Crippen LogP contribution is -2.61. The lowest BCUT2D eigenvalue weighted by molar-refractivity contribution is -0.193. The summed E-state index contributed by atoms with van der Waals surface area (Å²) < 4.78 is 44.2. The summed E-state index contributed by atoms with van der Waals surface area (Å²) in [4.78, 5) is 12.6. The second kappa shape index (κ2) is 6.65. The Morgan fingerprint density at radius 1 is 1.33 bits per heavy atom. The van der Waals surface area contributed by atoms with Gasteiger partial charge in [0.15, 0.2) is 5.54 Å². The van der Waals surface area contributed by atoms with E-state index in [1.807, 2.05) is 0 Å². The molecule has 0 spiro atoms. The zero-order valence-corrected chi connectivity index (χ0v) is 13.2. The SMILES string of the molecule is CN(CCOc1ccc(Br)cc1)C(=O)C(C)(N)C(F)(F)F. The number of nitrogens with two attached hydrogens (primary N) is 1. The summed E-state index contributed by atoms with van der Waals surface area (Å²) in [5.41, 5.74) is 2.17. The number of ether oxygens (including phenoxy) is 1. The van der Waals surface area contributed by atoms with E-state index < -0.39 is 17.6 Å². The molecule has 0 aliphatic heterocycles. The average Bonchev–Trinajstić information content (AvgIpc) is 2.38. The molecule has 0 saturated carbocycles. The normalized spacial score (nSPS) is 14.4. The number of halogens is 4. The van der Waals surface area contributed by atoms with Gasteiger partial charge in [0.05, 0.1) is 6.54 Å². The van der Waals surface area contributed by atoms with Gasteiger partial charge >= 0.3 is 6.18 Å². The number of hydrogen-bond acceptors (Lipinski definition) is 3. The van der Waals surface area contributed by atoms with E-state index in [2.05, 4.69) is 15.9 Å². The van der Waals surface area contributed by atoms with Crippen molar-refractivity contribution in [1.29, 1.82) is 0 Å². The van der Waals surface area contributed by atoms with Gasteiger partial charge in [-0.25, -0.2) is 0 Å². The largest absolute Gasteiger partial charge is 0.492 e. The number of benzene rings is 1. The first-order chi connectivity index (χ1) is 9.55. The van der Waals surface area contributed by atoms with Crippen molar-refractivity contribution in [2.75, 3.05) is 20.2 Å². The van der Waals surface area contributed by atoms with Crippen LogP contribution in [0.15, 0.2) is 28.7 Å². The minimum Gasteiger partial charge on any atom is -0.492 e. The van der Waals surface area contributed by atoms with Crippen LogP contribution >= 0.6 is 15.9 Å². The third-order valence-corrected chi connectivity index (χ3v) is 3.42. The van der Waals surface area contributed by atoms with Crippen LogP contribution in [-0.4, -0.2) is 42.7 Å². The Morgan fingerprint density at radius 3 is 2.33 bits per heavy atom. The topological polar surface area (TPSA) is 55.6 Å². The molecular formula is C13H16BrF3N2O2. The van der Waals surface area contributed by atoms with Crippen LogP contribution in [0.25, 0.3) is 0 Å². The summed E-state index contributed by atoms with van der Waals surface area (Å²) in [5.74, 6) is -0.639. The van der Waals surface area contributed by atoms with Crippen molar-refractivity contribution in [2.24, 2.45) is 5.73 Å². The molecule has 4 nitrogen and oxygen atoms in total. The van der Waals surface area contributed by atoms with Gasteiger partial charge < -0.3 is 15.4 Å². The van der Waals surface area contributed by atoms with Crippen LogP contribution in [0.3, 0.4) is 0 Å². The summed E-state index contributed by atoms with van der Waals surface area (Å²) in [6.07, 6.45) is -4.80. The monoisotopic (exact) mass is 368 g/mol. The molecule has 1 rings (SSSR count). The highest BCUT2D eigenvalue weighted by molar-refractivity contribution is 9.10. The van der Waals surface area contributed by atoms with Gasteiger partial charge in [-0.05, 0) is 31.2 Å². The van der Waals surface area contributed by atoms with Crippen molar-refractivity contribution >= 4 is 21.8 Å². The molecule has 0 bridgehead atoms. The maximum absolute atomic E-state index is 12.7. The predicted molar refractivity (Wildman–Crippen MR) is 75.9 cm³/mol. The van der Waals surface area contributed by atoms with Crippen LogP contribution in [0.4, 0.5) is 13.2 Å². The first-order valence-corrected chi connectivity index (χ1v) is 6.84. The molecule has 118 valence electrons. The highest BCUT2D eigenvalue weighted by Crippen LogP contribution is 2.29. The molecule has 1 aromatic carbocycles. The zero-order valence-electron chi connectivity index (χ0n) is 11.6. The standard InChI is InChI=1S/C13H16BrF3N2O2/c1-12(18,13(15,16)17)11(20)19(2)7-8-21-10-5-3-9(14)4-6-10/h3-6H,7-8,18H2,1-2H3. The van der Waals surface area contributed by atoms with Crippen LogP contribution < -0.4 is 10.5 Å². The zero-order chi connectivity index (χ0) is 16.3. The van der Waals surface area contributed by atoms with Crippen LogP contribution in [0.5, 0.6) is 5.75 Å². The van der Waals surface area contributed by atoms with E-state index in [9.17, 15) is 18.0 Å². The molecule has 0 aliphatic carbocycles. The molecule has 0 aromatic heterocycles. The molecular weight excluding hydrogens is 353 g/mol. The Hall–Kier alpha value is -1.28. The van der Waals surface area contributed by atoms with Gasteiger partial charge in [-0.3, -0.25) is 4.79 Å². The lowest BCUT2D eigenvalue weighted by atomic mass is 10.0. The minimum absolute atomic E-state index is 0.00222.